The van der Waals surface area contributed by atoms with Gasteiger partial charge in [-0.2, -0.15) is 0 Å². The van der Waals surface area contributed by atoms with E-state index in [9.17, 15) is 0 Å². The molecule has 0 radical (unpaired) electrons. The van der Waals surface area contributed by atoms with Crippen LogP contribution in [0.1, 0.15) is 33.6 Å². The Morgan fingerprint density at radius 1 is 1.33 bits per heavy atom. The van der Waals surface area contributed by atoms with Gasteiger partial charge in [-0.25, -0.2) is 0 Å². The third kappa shape index (κ3) is 7.13. The Labute approximate surface area is 75.1 Å². The number of rotatable bonds is 4. The van der Waals surface area contributed by atoms with E-state index in [1.54, 1.807) is 6.08 Å². The quantitative estimate of drug-likeness (QED) is 0.383. The lowest BCUT2D eigenvalue weighted by molar-refractivity contribution is 0.434. The summed E-state index contributed by atoms with van der Waals surface area (Å²) < 4.78 is 0. The summed E-state index contributed by atoms with van der Waals surface area (Å²) in [5.41, 5.74) is 2.51. The van der Waals surface area contributed by atoms with Gasteiger partial charge in [0, 0.05) is 0 Å². The number of hydrogen-bond donors (Lipinski definition) is 1. The summed E-state index contributed by atoms with van der Waals surface area (Å²) in [6.45, 7) is 9.58. The van der Waals surface area contributed by atoms with Crippen LogP contribution in [0.4, 0.5) is 0 Å². The predicted molar refractivity (Wildman–Crippen MR) is 54.2 cm³/mol. The summed E-state index contributed by atoms with van der Waals surface area (Å²) in [7, 11) is 0. The lowest BCUT2D eigenvalue weighted by Gasteiger charge is -1.97. The second kappa shape index (κ2) is 5.64. The van der Waals surface area contributed by atoms with Crippen LogP contribution in [0.25, 0.3) is 0 Å². The molecule has 0 unspecified atom stereocenters. The van der Waals surface area contributed by atoms with E-state index in [0.29, 0.717) is 0 Å². The van der Waals surface area contributed by atoms with Crippen LogP contribution in [0, 0.1) is 0 Å². The van der Waals surface area contributed by atoms with E-state index in [4.69, 9.17) is 5.11 Å². The summed E-state index contributed by atoms with van der Waals surface area (Å²) in [4.78, 5) is 0. The normalized spacial score (nSPS) is 11.1. The van der Waals surface area contributed by atoms with E-state index in [2.05, 4.69) is 26.5 Å². The molecule has 1 nitrogen and oxygen atoms in total. The summed E-state index contributed by atoms with van der Waals surface area (Å²) in [5.74, 6) is 0.143. The molecule has 0 fully saturated rings. The smallest absolute Gasteiger partial charge is 0.108 e. The number of aliphatic hydroxyl groups is 1. The van der Waals surface area contributed by atoms with Crippen LogP contribution in [0.5, 0.6) is 0 Å². The summed E-state index contributed by atoms with van der Waals surface area (Å²) in [5, 5.41) is 8.85. The summed E-state index contributed by atoms with van der Waals surface area (Å²) in [6.07, 6.45) is 5.93. The van der Waals surface area contributed by atoms with Gasteiger partial charge in [-0.1, -0.05) is 23.8 Å². The van der Waals surface area contributed by atoms with Crippen molar-refractivity contribution < 1.29 is 5.11 Å². The van der Waals surface area contributed by atoms with Crippen molar-refractivity contribution in [3.05, 3.63) is 35.6 Å². The molecule has 0 aromatic rings. The Balaban J connectivity index is 3.79. The number of aliphatic hydroxyl groups excluding tert-OH is 1. The molecule has 0 aromatic carbocycles. The van der Waals surface area contributed by atoms with Crippen molar-refractivity contribution in [1.29, 1.82) is 0 Å². The average molecular weight is 166 g/mol. The van der Waals surface area contributed by atoms with Gasteiger partial charge in [0.05, 0.1) is 0 Å². The first-order valence-electron chi connectivity index (χ1n) is 4.20. The maximum atomic E-state index is 8.85. The standard InChI is InChI=1S/C11H18O/c1-9(2)6-5-7-10(3)8-11(4)12/h6,8,12H,4-5,7H2,1-3H3/b10-8+. The monoisotopic (exact) mass is 166 g/mol. The highest BCUT2D eigenvalue weighted by atomic mass is 16.3. The molecule has 0 rings (SSSR count). The Morgan fingerprint density at radius 2 is 1.92 bits per heavy atom. The van der Waals surface area contributed by atoms with Crippen LogP contribution < -0.4 is 0 Å². The van der Waals surface area contributed by atoms with Crippen LogP contribution in [0.3, 0.4) is 0 Å². The van der Waals surface area contributed by atoms with Crippen LogP contribution in [0.2, 0.25) is 0 Å². The molecule has 68 valence electrons. The van der Waals surface area contributed by atoms with E-state index in [1.807, 2.05) is 6.92 Å². The molecule has 0 aromatic heterocycles. The largest absolute Gasteiger partial charge is 0.509 e. The minimum absolute atomic E-state index is 0.143. The lowest BCUT2D eigenvalue weighted by Crippen LogP contribution is -1.79. The van der Waals surface area contributed by atoms with E-state index in [1.165, 1.54) is 11.1 Å². The van der Waals surface area contributed by atoms with Gasteiger partial charge in [0.1, 0.15) is 5.76 Å². The van der Waals surface area contributed by atoms with Crippen molar-refractivity contribution in [2.24, 2.45) is 0 Å². The zero-order valence-corrected chi connectivity index (χ0v) is 8.22. The van der Waals surface area contributed by atoms with E-state index < -0.39 is 0 Å². The predicted octanol–water partition coefficient (Wildman–Crippen LogP) is 3.75. The molecule has 0 amide bonds. The lowest BCUT2D eigenvalue weighted by atomic mass is 10.1. The fourth-order valence-electron chi connectivity index (χ4n) is 0.945. The zero-order valence-electron chi connectivity index (χ0n) is 8.22. The van der Waals surface area contributed by atoms with Gasteiger partial charge in [-0.15, -0.1) is 0 Å². The SMILES string of the molecule is C=C(O)/C=C(\C)CCC=C(C)C. The van der Waals surface area contributed by atoms with Crippen molar-refractivity contribution in [3.8, 4) is 0 Å². The van der Waals surface area contributed by atoms with Gasteiger partial charge >= 0.3 is 0 Å². The molecule has 12 heavy (non-hydrogen) atoms. The van der Waals surface area contributed by atoms with Gasteiger partial charge in [-0.3, -0.25) is 0 Å². The molecule has 0 aliphatic rings. The van der Waals surface area contributed by atoms with Crippen LogP contribution in [-0.4, -0.2) is 5.11 Å². The second-order valence-electron chi connectivity index (χ2n) is 3.30. The highest BCUT2D eigenvalue weighted by Crippen LogP contribution is 2.07. The van der Waals surface area contributed by atoms with Gasteiger partial charge in [0.2, 0.25) is 0 Å². The second-order valence-corrected chi connectivity index (χ2v) is 3.30. The van der Waals surface area contributed by atoms with Crippen molar-refractivity contribution >= 4 is 0 Å². The zero-order chi connectivity index (χ0) is 9.56. The topological polar surface area (TPSA) is 20.2 Å². The van der Waals surface area contributed by atoms with Gasteiger partial charge in [0.25, 0.3) is 0 Å². The van der Waals surface area contributed by atoms with Gasteiger partial charge in [0.15, 0.2) is 0 Å². The molecular weight excluding hydrogens is 148 g/mol. The molecule has 0 heterocycles. The molecular formula is C11H18O. The molecule has 0 saturated heterocycles. The van der Waals surface area contributed by atoms with Gasteiger partial charge < -0.3 is 5.11 Å². The summed E-state index contributed by atoms with van der Waals surface area (Å²) >= 11 is 0. The molecule has 0 spiro atoms. The molecule has 0 saturated carbocycles. The number of hydrogen-bond acceptors (Lipinski definition) is 1. The Bertz CT molecular complexity index is 205. The van der Waals surface area contributed by atoms with Crippen LogP contribution in [-0.2, 0) is 0 Å². The Kier molecular flexibility index (Phi) is 5.18. The van der Waals surface area contributed by atoms with E-state index in [0.717, 1.165) is 12.8 Å². The first-order chi connectivity index (χ1) is 5.52. The minimum atomic E-state index is 0.143. The first-order valence-corrected chi connectivity index (χ1v) is 4.20. The maximum Gasteiger partial charge on any atom is 0.108 e. The maximum absolute atomic E-state index is 8.85. The molecule has 1 heteroatoms. The van der Waals surface area contributed by atoms with Crippen LogP contribution >= 0.6 is 0 Å². The third-order valence-corrected chi connectivity index (χ3v) is 1.50. The molecule has 1 N–H and O–H groups in total. The van der Waals surface area contributed by atoms with Crippen molar-refractivity contribution in [1.82, 2.24) is 0 Å². The fourth-order valence-corrected chi connectivity index (χ4v) is 0.945. The van der Waals surface area contributed by atoms with Crippen molar-refractivity contribution in [3.63, 3.8) is 0 Å². The molecule has 0 aliphatic heterocycles. The molecule has 0 aliphatic carbocycles. The summed E-state index contributed by atoms with van der Waals surface area (Å²) in [6, 6.07) is 0. The third-order valence-electron chi connectivity index (χ3n) is 1.50. The van der Waals surface area contributed by atoms with Crippen LogP contribution in [0.15, 0.2) is 35.6 Å². The first kappa shape index (κ1) is 11.0. The number of allylic oxidation sites excluding steroid dienone is 4. The van der Waals surface area contributed by atoms with Crippen molar-refractivity contribution in [2.75, 3.05) is 0 Å². The van der Waals surface area contributed by atoms with E-state index >= 15 is 0 Å². The minimum Gasteiger partial charge on any atom is -0.509 e. The highest BCUT2D eigenvalue weighted by molar-refractivity contribution is 5.13. The highest BCUT2D eigenvalue weighted by Gasteiger charge is 1.89. The Hall–Kier alpha value is -0.980. The Morgan fingerprint density at radius 3 is 2.33 bits per heavy atom. The van der Waals surface area contributed by atoms with E-state index in [-0.39, 0.29) is 5.76 Å². The molecule has 0 bridgehead atoms. The van der Waals surface area contributed by atoms with Gasteiger partial charge in [-0.05, 0) is 39.7 Å². The average Bonchev–Trinajstić information content (AvgIpc) is 1.84. The fraction of sp³-hybridized carbons (Fsp3) is 0.455. The molecule has 0 atom stereocenters. The van der Waals surface area contributed by atoms with Crippen molar-refractivity contribution in [2.45, 2.75) is 33.6 Å².